The van der Waals surface area contributed by atoms with Gasteiger partial charge in [-0.3, -0.25) is 9.69 Å². The van der Waals surface area contributed by atoms with Crippen LogP contribution in [0, 0.1) is 5.92 Å². The predicted molar refractivity (Wildman–Crippen MR) is 105 cm³/mol. The molecule has 1 aliphatic rings. The van der Waals surface area contributed by atoms with E-state index in [4.69, 9.17) is 0 Å². The van der Waals surface area contributed by atoms with Gasteiger partial charge in [0.15, 0.2) is 9.84 Å². The molecule has 1 atom stereocenters. The molecule has 1 fully saturated rings. The highest BCUT2D eigenvalue weighted by molar-refractivity contribution is 7.92. The summed E-state index contributed by atoms with van der Waals surface area (Å²) in [5.41, 5.74) is -2.19. The lowest BCUT2D eigenvalue weighted by Crippen LogP contribution is -2.49. The number of nitrogens with zero attached hydrogens (tertiary/aromatic N) is 3. The minimum atomic E-state index is -4.72. The maximum atomic E-state index is 13.2. The van der Waals surface area contributed by atoms with Crippen LogP contribution >= 0.6 is 0 Å². The van der Waals surface area contributed by atoms with Crippen molar-refractivity contribution >= 4 is 21.7 Å². The molecule has 1 amide bonds. The second kappa shape index (κ2) is 8.26. The maximum absolute atomic E-state index is 13.2. The first kappa shape index (κ1) is 24.9. The molecule has 1 aromatic heterocycles. The van der Waals surface area contributed by atoms with E-state index in [2.05, 4.69) is 9.97 Å². The zero-order valence-electron chi connectivity index (χ0n) is 17.4. The quantitative estimate of drug-likeness (QED) is 0.584. The number of piperidine rings is 1. The van der Waals surface area contributed by atoms with Crippen molar-refractivity contribution in [2.75, 3.05) is 11.4 Å². The fourth-order valence-electron chi connectivity index (χ4n) is 3.61. The number of alkyl halides is 6. The molecule has 0 unspecified atom stereocenters. The summed E-state index contributed by atoms with van der Waals surface area (Å²) in [4.78, 5) is 20.4. The number of carbonyl (C=O) groups is 1. The van der Waals surface area contributed by atoms with Gasteiger partial charge in [0.05, 0.1) is 20.8 Å². The smallest absolute Gasteiger partial charge is 0.281 e. The van der Waals surface area contributed by atoms with Crippen LogP contribution in [0.5, 0.6) is 0 Å². The average Bonchev–Trinajstić information content (AvgIpc) is 2.72. The highest BCUT2D eigenvalue weighted by Gasteiger charge is 2.46. The van der Waals surface area contributed by atoms with Crippen molar-refractivity contribution < 1.29 is 39.6 Å². The minimum absolute atomic E-state index is 0.0591. The van der Waals surface area contributed by atoms with Gasteiger partial charge in [-0.25, -0.2) is 18.4 Å². The molecule has 1 aromatic carbocycles. The third-order valence-corrected chi connectivity index (χ3v) is 8.37. The van der Waals surface area contributed by atoms with Gasteiger partial charge in [-0.2, -0.15) is 26.3 Å². The predicted octanol–water partition coefficient (Wildman–Crippen LogP) is 4.51. The highest BCUT2D eigenvalue weighted by atomic mass is 32.2. The molecule has 180 valence electrons. The maximum Gasteiger partial charge on any atom is 0.419 e. The van der Waals surface area contributed by atoms with E-state index in [0.717, 1.165) is 23.1 Å². The summed E-state index contributed by atoms with van der Waals surface area (Å²) >= 11 is 0. The van der Waals surface area contributed by atoms with Crippen molar-refractivity contribution in [1.29, 1.82) is 0 Å². The fourth-order valence-corrected chi connectivity index (χ4v) is 5.39. The first-order valence-electron chi connectivity index (χ1n) is 9.66. The van der Waals surface area contributed by atoms with Crippen LogP contribution < -0.4 is 4.90 Å². The van der Waals surface area contributed by atoms with Crippen LogP contribution in [-0.2, 0) is 27.0 Å². The Kier molecular flexibility index (Phi) is 6.24. The molecule has 33 heavy (non-hydrogen) atoms. The lowest BCUT2D eigenvalue weighted by Gasteiger charge is -2.39. The number of anilines is 1. The molecule has 13 heteroatoms. The number of aromatic nitrogens is 2. The summed E-state index contributed by atoms with van der Waals surface area (Å²) in [5, 5.41) is 0. The van der Waals surface area contributed by atoms with Crippen molar-refractivity contribution in [3.05, 3.63) is 47.8 Å². The van der Waals surface area contributed by atoms with E-state index in [-0.39, 0.29) is 25.3 Å². The summed E-state index contributed by atoms with van der Waals surface area (Å²) in [6.45, 7) is 2.62. The van der Waals surface area contributed by atoms with Gasteiger partial charge in [-0.15, -0.1) is 0 Å². The number of amides is 1. The van der Waals surface area contributed by atoms with Crippen LogP contribution in [0.4, 0.5) is 32.3 Å². The summed E-state index contributed by atoms with van der Waals surface area (Å²) < 4.78 is 102. The van der Waals surface area contributed by atoms with E-state index in [0.29, 0.717) is 18.5 Å². The monoisotopic (exact) mass is 495 g/mol. The van der Waals surface area contributed by atoms with Gasteiger partial charge >= 0.3 is 12.4 Å². The molecule has 6 nitrogen and oxygen atoms in total. The summed E-state index contributed by atoms with van der Waals surface area (Å²) in [5.74, 6) is -1.60. The Bertz CT molecular complexity index is 1140. The molecule has 0 bridgehead atoms. The Hall–Kier alpha value is -2.70. The van der Waals surface area contributed by atoms with E-state index >= 15 is 0 Å². The molecule has 0 radical (unpaired) electrons. The topological polar surface area (TPSA) is 80.2 Å². The Morgan fingerprint density at radius 1 is 0.970 bits per heavy atom. The van der Waals surface area contributed by atoms with Gasteiger partial charge in [-0.05, 0) is 44.4 Å². The molecule has 1 saturated heterocycles. The first-order valence-corrected chi connectivity index (χ1v) is 11.1. The lowest BCUT2D eigenvalue weighted by molar-refractivity contribution is -0.138. The molecular weight excluding hydrogens is 476 g/mol. The van der Waals surface area contributed by atoms with Crippen molar-refractivity contribution in [2.24, 2.45) is 5.92 Å². The van der Waals surface area contributed by atoms with Crippen LogP contribution in [0.15, 0.2) is 41.6 Å². The number of carbonyl (C=O) groups excluding carboxylic acids is 1. The number of sulfone groups is 1. The van der Waals surface area contributed by atoms with Gasteiger partial charge in [-0.1, -0.05) is 6.07 Å². The third-order valence-electron chi connectivity index (χ3n) is 5.78. The molecule has 3 rings (SSSR count). The van der Waals surface area contributed by atoms with Crippen LogP contribution in [0.1, 0.15) is 37.8 Å². The molecule has 1 aliphatic heterocycles. The molecule has 0 aliphatic carbocycles. The van der Waals surface area contributed by atoms with E-state index in [1.54, 1.807) is 0 Å². The van der Waals surface area contributed by atoms with E-state index in [1.165, 1.54) is 13.8 Å². The largest absolute Gasteiger partial charge is 0.419 e. The van der Waals surface area contributed by atoms with Crippen molar-refractivity contribution in [3.63, 3.8) is 0 Å². The number of hydrogen-bond donors (Lipinski definition) is 0. The molecule has 0 saturated carbocycles. The molecule has 2 heterocycles. The first-order chi connectivity index (χ1) is 15.0. The summed E-state index contributed by atoms with van der Waals surface area (Å²) in [6, 6.07) is 3.39. The lowest BCUT2D eigenvalue weighted by atomic mass is 9.85. The second-order valence-corrected chi connectivity index (χ2v) is 10.7. The van der Waals surface area contributed by atoms with Crippen molar-refractivity contribution in [2.45, 2.75) is 48.7 Å². The summed E-state index contributed by atoms with van der Waals surface area (Å²) in [6.07, 6.45) is -8.44. The van der Waals surface area contributed by atoms with E-state index < -0.39 is 54.8 Å². The number of benzene rings is 1. The Morgan fingerprint density at radius 3 is 2.06 bits per heavy atom. The molecule has 2 aromatic rings. The van der Waals surface area contributed by atoms with Gasteiger partial charge in [0.25, 0.3) is 0 Å². The number of rotatable bonds is 4. The SMILES string of the molecule is CC(C)([C@@H]1CCN(c2ncc(C(F)(F)F)cn2)C(=O)C1)S(=O)(=O)c1cccc(C(F)(F)F)c1. The number of hydrogen-bond acceptors (Lipinski definition) is 5. The molecule has 0 spiro atoms. The normalized spacial score (nSPS) is 18.5. The zero-order valence-corrected chi connectivity index (χ0v) is 18.2. The third kappa shape index (κ3) is 4.82. The van der Waals surface area contributed by atoms with Crippen molar-refractivity contribution in [3.8, 4) is 0 Å². The van der Waals surface area contributed by atoms with E-state index in [9.17, 15) is 39.6 Å². The second-order valence-electron chi connectivity index (χ2n) is 8.14. The van der Waals surface area contributed by atoms with Crippen LogP contribution in [0.25, 0.3) is 0 Å². The standard InChI is InChI=1S/C20H19F6N3O3S/c1-18(2,33(31,32)15-5-3-4-13(8-15)19(21,22)23)12-6-7-29(16(30)9-12)17-27-10-14(11-28-17)20(24,25)26/h3-5,8,10-12H,6-7,9H2,1-2H3/t12-/m1/s1. The van der Waals surface area contributed by atoms with Gasteiger partial charge < -0.3 is 0 Å². The zero-order chi connectivity index (χ0) is 24.8. The van der Waals surface area contributed by atoms with E-state index in [1.807, 2.05) is 0 Å². The van der Waals surface area contributed by atoms with Crippen LogP contribution in [0.3, 0.4) is 0 Å². The van der Waals surface area contributed by atoms with Crippen LogP contribution in [0.2, 0.25) is 0 Å². The average molecular weight is 495 g/mol. The minimum Gasteiger partial charge on any atom is -0.281 e. The highest BCUT2D eigenvalue weighted by Crippen LogP contribution is 2.40. The van der Waals surface area contributed by atoms with Gasteiger partial charge in [0, 0.05) is 25.4 Å². The van der Waals surface area contributed by atoms with Crippen molar-refractivity contribution in [1.82, 2.24) is 9.97 Å². The van der Waals surface area contributed by atoms with Gasteiger partial charge in [0.2, 0.25) is 11.9 Å². The molecule has 0 N–H and O–H groups in total. The van der Waals surface area contributed by atoms with Gasteiger partial charge in [0.1, 0.15) is 0 Å². The Labute approximate surface area is 185 Å². The van der Waals surface area contributed by atoms with Crippen LogP contribution in [-0.4, -0.2) is 35.6 Å². The fraction of sp³-hybridized carbons (Fsp3) is 0.450. The molecular formula is C20H19F6N3O3S. The Balaban J connectivity index is 1.82. The number of halogens is 6. The Morgan fingerprint density at radius 2 is 1.55 bits per heavy atom. The summed E-state index contributed by atoms with van der Waals surface area (Å²) in [7, 11) is -4.28.